The molecule has 0 radical (unpaired) electrons. The number of hydrogen-bond acceptors (Lipinski definition) is 4. The fourth-order valence-electron chi connectivity index (χ4n) is 1.70. The van der Waals surface area contributed by atoms with Crippen LogP contribution < -0.4 is 5.73 Å². The molecule has 0 saturated carbocycles. The molecule has 2 aromatic carbocycles. The third-order valence-electron chi connectivity index (χ3n) is 2.59. The molecule has 0 bridgehead atoms. The van der Waals surface area contributed by atoms with E-state index in [4.69, 9.17) is 11.0 Å². The molecule has 0 aliphatic rings. The maximum atomic E-state index is 10.8. The minimum atomic E-state index is -0.534. The Bertz CT molecular complexity index is 660. The highest BCUT2D eigenvalue weighted by Gasteiger charge is 2.14. The van der Waals surface area contributed by atoms with Gasteiger partial charge >= 0.3 is 0 Å². The Hall–Kier alpha value is -2.87. The van der Waals surface area contributed by atoms with Crippen molar-refractivity contribution in [3.8, 4) is 17.2 Å². The van der Waals surface area contributed by atoms with Crippen LogP contribution in [0.4, 0.5) is 11.4 Å². The van der Waals surface area contributed by atoms with Crippen molar-refractivity contribution in [2.24, 2.45) is 0 Å². The van der Waals surface area contributed by atoms with Crippen LogP contribution in [0.25, 0.3) is 11.1 Å². The van der Waals surface area contributed by atoms with Crippen LogP contribution >= 0.6 is 0 Å². The summed E-state index contributed by atoms with van der Waals surface area (Å²) >= 11 is 0. The van der Waals surface area contributed by atoms with Gasteiger partial charge in [0.1, 0.15) is 5.69 Å². The zero-order valence-corrected chi connectivity index (χ0v) is 9.33. The number of nitro groups is 1. The van der Waals surface area contributed by atoms with Gasteiger partial charge in [0.25, 0.3) is 5.69 Å². The molecule has 0 aliphatic carbocycles. The molecule has 0 fully saturated rings. The van der Waals surface area contributed by atoms with Gasteiger partial charge in [-0.1, -0.05) is 24.3 Å². The van der Waals surface area contributed by atoms with Gasteiger partial charge in [-0.25, -0.2) is 0 Å². The van der Waals surface area contributed by atoms with E-state index < -0.39 is 4.92 Å². The standard InChI is InChI=1S/C13H9N3O2/c14-8-10-3-1-2-4-11(10)9-5-6-12(15)13(7-9)16(17)18/h1-7H,15H2. The fraction of sp³-hybridized carbons (Fsp3) is 0. The molecule has 5 heteroatoms. The molecule has 0 unspecified atom stereocenters. The Kier molecular flexibility index (Phi) is 2.94. The Morgan fingerprint density at radius 2 is 1.94 bits per heavy atom. The molecule has 0 aliphatic heterocycles. The second-order valence-corrected chi connectivity index (χ2v) is 3.69. The largest absolute Gasteiger partial charge is 0.393 e. The number of nitrogens with two attached hydrogens (primary N) is 1. The summed E-state index contributed by atoms with van der Waals surface area (Å²) in [5, 5.41) is 19.8. The van der Waals surface area contributed by atoms with Gasteiger partial charge in [0.2, 0.25) is 0 Å². The van der Waals surface area contributed by atoms with E-state index in [0.29, 0.717) is 16.7 Å². The van der Waals surface area contributed by atoms with Crippen molar-refractivity contribution >= 4 is 11.4 Å². The van der Waals surface area contributed by atoms with E-state index in [1.54, 1.807) is 30.3 Å². The van der Waals surface area contributed by atoms with E-state index in [2.05, 4.69) is 6.07 Å². The summed E-state index contributed by atoms with van der Waals surface area (Å²) in [6, 6.07) is 13.5. The van der Waals surface area contributed by atoms with Crippen LogP contribution in [-0.2, 0) is 0 Å². The number of nitrogens with zero attached hydrogens (tertiary/aromatic N) is 2. The molecule has 18 heavy (non-hydrogen) atoms. The summed E-state index contributed by atoms with van der Waals surface area (Å²) in [6.07, 6.45) is 0. The van der Waals surface area contributed by atoms with E-state index in [1.165, 1.54) is 12.1 Å². The van der Waals surface area contributed by atoms with Gasteiger partial charge in [0.15, 0.2) is 0 Å². The normalized spacial score (nSPS) is 9.72. The molecule has 88 valence electrons. The van der Waals surface area contributed by atoms with Crippen LogP contribution in [0.15, 0.2) is 42.5 Å². The zero-order chi connectivity index (χ0) is 13.1. The predicted octanol–water partition coefficient (Wildman–Crippen LogP) is 2.72. The Morgan fingerprint density at radius 1 is 1.22 bits per heavy atom. The first kappa shape index (κ1) is 11.6. The van der Waals surface area contributed by atoms with E-state index in [-0.39, 0.29) is 11.4 Å². The molecule has 0 atom stereocenters. The number of nitriles is 1. The van der Waals surface area contributed by atoms with Gasteiger partial charge < -0.3 is 5.73 Å². The van der Waals surface area contributed by atoms with Crippen LogP contribution in [0, 0.1) is 21.4 Å². The van der Waals surface area contributed by atoms with Crippen LogP contribution in [-0.4, -0.2) is 4.92 Å². The summed E-state index contributed by atoms with van der Waals surface area (Å²) in [4.78, 5) is 10.3. The van der Waals surface area contributed by atoms with E-state index in [9.17, 15) is 10.1 Å². The van der Waals surface area contributed by atoms with Crippen LogP contribution in [0.2, 0.25) is 0 Å². The van der Waals surface area contributed by atoms with Gasteiger partial charge in [0.05, 0.1) is 16.6 Å². The molecule has 0 aromatic heterocycles. The molecular formula is C13H9N3O2. The van der Waals surface area contributed by atoms with Gasteiger partial charge in [-0.2, -0.15) is 5.26 Å². The van der Waals surface area contributed by atoms with Crippen LogP contribution in [0.3, 0.4) is 0 Å². The van der Waals surface area contributed by atoms with E-state index in [0.717, 1.165) is 0 Å². The topological polar surface area (TPSA) is 93.0 Å². The van der Waals surface area contributed by atoms with Crippen molar-refractivity contribution in [1.82, 2.24) is 0 Å². The summed E-state index contributed by atoms with van der Waals surface area (Å²) < 4.78 is 0. The number of nitro benzene ring substituents is 1. The summed E-state index contributed by atoms with van der Waals surface area (Å²) in [5.74, 6) is 0. The maximum Gasteiger partial charge on any atom is 0.292 e. The SMILES string of the molecule is N#Cc1ccccc1-c1ccc(N)c([N+](=O)[O-])c1. The molecule has 2 aromatic rings. The summed E-state index contributed by atoms with van der Waals surface area (Å²) in [6.45, 7) is 0. The molecule has 0 amide bonds. The average Bonchev–Trinajstić information content (AvgIpc) is 2.39. The Labute approximate surface area is 103 Å². The van der Waals surface area contributed by atoms with Crippen molar-refractivity contribution in [2.75, 3.05) is 5.73 Å². The quantitative estimate of drug-likeness (QED) is 0.495. The van der Waals surface area contributed by atoms with Crippen LogP contribution in [0.5, 0.6) is 0 Å². The van der Waals surface area contributed by atoms with Crippen molar-refractivity contribution in [1.29, 1.82) is 5.26 Å². The minimum Gasteiger partial charge on any atom is -0.393 e. The highest BCUT2D eigenvalue weighted by atomic mass is 16.6. The Morgan fingerprint density at radius 3 is 2.61 bits per heavy atom. The lowest BCUT2D eigenvalue weighted by Crippen LogP contribution is -1.96. The second-order valence-electron chi connectivity index (χ2n) is 3.69. The third-order valence-corrected chi connectivity index (χ3v) is 2.59. The van der Waals surface area contributed by atoms with Gasteiger partial charge in [-0.3, -0.25) is 10.1 Å². The lowest BCUT2D eigenvalue weighted by Gasteiger charge is -2.05. The number of nitrogen functional groups attached to an aromatic ring is 1. The van der Waals surface area contributed by atoms with E-state index >= 15 is 0 Å². The molecule has 0 heterocycles. The Balaban J connectivity index is 2.62. The van der Waals surface area contributed by atoms with Gasteiger partial charge in [-0.05, 0) is 23.3 Å². The second kappa shape index (κ2) is 4.55. The number of benzene rings is 2. The predicted molar refractivity (Wildman–Crippen MR) is 67.7 cm³/mol. The number of hydrogen-bond donors (Lipinski definition) is 1. The molecule has 2 rings (SSSR count). The first-order valence-corrected chi connectivity index (χ1v) is 5.17. The molecule has 0 saturated heterocycles. The van der Waals surface area contributed by atoms with Gasteiger partial charge in [-0.15, -0.1) is 0 Å². The lowest BCUT2D eigenvalue weighted by atomic mass is 9.99. The zero-order valence-electron chi connectivity index (χ0n) is 9.33. The molecule has 0 spiro atoms. The molecule has 2 N–H and O–H groups in total. The summed E-state index contributed by atoms with van der Waals surface area (Å²) in [5.41, 5.74) is 7.22. The highest BCUT2D eigenvalue weighted by Crippen LogP contribution is 2.30. The monoisotopic (exact) mass is 239 g/mol. The number of rotatable bonds is 2. The molecular weight excluding hydrogens is 230 g/mol. The van der Waals surface area contributed by atoms with Crippen LogP contribution in [0.1, 0.15) is 5.56 Å². The highest BCUT2D eigenvalue weighted by molar-refractivity contribution is 5.75. The first-order valence-electron chi connectivity index (χ1n) is 5.17. The van der Waals surface area contributed by atoms with Crippen molar-refractivity contribution < 1.29 is 4.92 Å². The van der Waals surface area contributed by atoms with E-state index in [1.807, 2.05) is 0 Å². The lowest BCUT2D eigenvalue weighted by molar-refractivity contribution is -0.383. The third kappa shape index (κ3) is 1.99. The maximum absolute atomic E-state index is 10.8. The van der Waals surface area contributed by atoms with Crippen molar-refractivity contribution in [3.63, 3.8) is 0 Å². The van der Waals surface area contributed by atoms with Gasteiger partial charge in [0, 0.05) is 6.07 Å². The average molecular weight is 239 g/mol. The molecule has 5 nitrogen and oxygen atoms in total. The minimum absolute atomic E-state index is 0.109. The smallest absolute Gasteiger partial charge is 0.292 e. The number of anilines is 1. The van der Waals surface area contributed by atoms with Crippen molar-refractivity contribution in [3.05, 3.63) is 58.1 Å². The summed E-state index contributed by atoms with van der Waals surface area (Å²) in [7, 11) is 0. The first-order chi connectivity index (χ1) is 8.63. The fourth-order valence-corrected chi connectivity index (χ4v) is 1.70. The van der Waals surface area contributed by atoms with Crippen molar-refractivity contribution in [2.45, 2.75) is 0 Å².